The Morgan fingerprint density at radius 2 is 1.71 bits per heavy atom. The monoisotopic (exact) mass is 250 g/mol. The summed E-state index contributed by atoms with van der Waals surface area (Å²) in [4.78, 5) is 21.0. The molecule has 0 saturated carbocycles. The fraction of sp³-hybridized carbons (Fsp3) is 0.200. The molecule has 0 heterocycles. The van der Waals surface area contributed by atoms with Crippen molar-refractivity contribution in [3.8, 4) is 5.75 Å². The van der Waals surface area contributed by atoms with Crippen molar-refractivity contribution in [3.05, 3.63) is 28.8 Å². The van der Waals surface area contributed by atoms with Gasteiger partial charge in [0.05, 0.1) is 5.56 Å². The first-order chi connectivity index (χ1) is 7.99. The maximum atomic E-state index is 12.6. The average molecular weight is 250 g/mol. The Balaban J connectivity index is 3.40. The first-order valence-corrected chi connectivity index (χ1v) is 4.30. The maximum Gasteiger partial charge on any atom is 0.387 e. The predicted molar refractivity (Wildman–Crippen MR) is 48.8 cm³/mol. The maximum absolute atomic E-state index is 12.6. The van der Waals surface area contributed by atoms with Gasteiger partial charge in [0.2, 0.25) is 0 Å². The molecular formula is C10H6F4O3. The fourth-order valence-electron chi connectivity index (χ4n) is 1.26. The molecule has 0 aliphatic rings. The molecule has 1 aromatic rings. The Morgan fingerprint density at radius 1 is 1.06 bits per heavy atom. The first kappa shape index (κ1) is 13.1. The fourth-order valence-corrected chi connectivity index (χ4v) is 1.26. The SMILES string of the molecule is O=Cc1cc(C=O)c(C(F)F)c(OC(F)F)c1. The Labute approximate surface area is 93.0 Å². The van der Waals surface area contributed by atoms with Crippen LogP contribution in [0.25, 0.3) is 0 Å². The third kappa shape index (κ3) is 3.02. The molecule has 0 amide bonds. The van der Waals surface area contributed by atoms with Crippen LogP contribution < -0.4 is 4.74 Å². The van der Waals surface area contributed by atoms with Gasteiger partial charge in [-0.25, -0.2) is 8.78 Å². The van der Waals surface area contributed by atoms with E-state index in [0.29, 0.717) is 0 Å². The van der Waals surface area contributed by atoms with Crippen molar-refractivity contribution in [1.82, 2.24) is 0 Å². The van der Waals surface area contributed by atoms with Crippen molar-refractivity contribution >= 4 is 12.6 Å². The second kappa shape index (κ2) is 5.42. The van der Waals surface area contributed by atoms with E-state index in [9.17, 15) is 27.2 Å². The smallest absolute Gasteiger partial charge is 0.387 e. The summed E-state index contributed by atoms with van der Waals surface area (Å²) in [6.07, 6.45) is -2.88. The second-order valence-corrected chi connectivity index (χ2v) is 2.94. The lowest BCUT2D eigenvalue weighted by molar-refractivity contribution is -0.0520. The van der Waals surface area contributed by atoms with Crippen LogP contribution >= 0.6 is 0 Å². The lowest BCUT2D eigenvalue weighted by Gasteiger charge is -2.12. The van der Waals surface area contributed by atoms with Crippen molar-refractivity contribution in [2.75, 3.05) is 0 Å². The highest BCUT2D eigenvalue weighted by Gasteiger charge is 2.22. The highest BCUT2D eigenvalue weighted by molar-refractivity contribution is 5.85. The van der Waals surface area contributed by atoms with Crippen LogP contribution in [0.4, 0.5) is 17.6 Å². The first-order valence-electron chi connectivity index (χ1n) is 4.30. The van der Waals surface area contributed by atoms with Crippen LogP contribution in [-0.4, -0.2) is 19.2 Å². The molecule has 0 atom stereocenters. The number of aldehydes is 2. The number of halogens is 4. The van der Waals surface area contributed by atoms with Gasteiger partial charge in [-0.15, -0.1) is 0 Å². The third-order valence-corrected chi connectivity index (χ3v) is 1.89. The molecule has 0 radical (unpaired) electrons. The lowest BCUT2D eigenvalue weighted by Crippen LogP contribution is -2.07. The third-order valence-electron chi connectivity index (χ3n) is 1.89. The van der Waals surface area contributed by atoms with Gasteiger partial charge < -0.3 is 4.74 Å². The molecule has 0 aliphatic heterocycles. The summed E-state index contributed by atoms with van der Waals surface area (Å²) in [7, 11) is 0. The van der Waals surface area contributed by atoms with Crippen molar-refractivity contribution < 1.29 is 31.9 Å². The Morgan fingerprint density at radius 3 is 2.12 bits per heavy atom. The topological polar surface area (TPSA) is 43.4 Å². The zero-order valence-corrected chi connectivity index (χ0v) is 8.20. The summed E-state index contributed by atoms with van der Waals surface area (Å²) < 4.78 is 53.0. The van der Waals surface area contributed by atoms with Crippen LogP contribution in [0.2, 0.25) is 0 Å². The van der Waals surface area contributed by atoms with E-state index in [1.54, 1.807) is 0 Å². The molecule has 0 spiro atoms. The summed E-state index contributed by atoms with van der Waals surface area (Å²) in [5, 5.41) is 0. The van der Waals surface area contributed by atoms with E-state index < -0.39 is 29.9 Å². The zero-order valence-electron chi connectivity index (χ0n) is 8.20. The summed E-state index contributed by atoms with van der Waals surface area (Å²) in [6.45, 7) is -3.33. The van der Waals surface area contributed by atoms with Crippen molar-refractivity contribution in [3.63, 3.8) is 0 Å². The minimum atomic E-state index is -3.33. The van der Waals surface area contributed by atoms with Crippen LogP contribution in [0.3, 0.4) is 0 Å². The zero-order chi connectivity index (χ0) is 13.0. The predicted octanol–water partition coefficient (Wildman–Crippen LogP) is 2.85. The van der Waals surface area contributed by atoms with E-state index in [4.69, 9.17) is 0 Å². The molecule has 0 bridgehead atoms. The highest BCUT2D eigenvalue weighted by Crippen LogP contribution is 2.33. The van der Waals surface area contributed by atoms with Crippen LogP contribution in [0.15, 0.2) is 12.1 Å². The summed E-state index contributed by atoms with van der Waals surface area (Å²) in [6, 6.07) is 1.60. The van der Waals surface area contributed by atoms with Crippen LogP contribution in [0.5, 0.6) is 5.75 Å². The van der Waals surface area contributed by atoms with Gasteiger partial charge in [-0.3, -0.25) is 9.59 Å². The van der Waals surface area contributed by atoms with Gasteiger partial charge in [0.1, 0.15) is 12.0 Å². The molecule has 0 saturated heterocycles. The van der Waals surface area contributed by atoms with Crippen LogP contribution in [0, 0.1) is 0 Å². The van der Waals surface area contributed by atoms with E-state index in [1.165, 1.54) is 0 Å². The van der Waals surface area contributed by atoms with E-state index >= 15 is 0 Å². The Kier molecular flexibility index (Phi) is 4.19. The van der Waals surface area contributed by atoms with E-state index in [0.717, 1.165) is 12.1 Å². The average Bonchev–Trinajstić information content (AvgIpc) is 2.26. The number of alkyl halides is 4. The quantitative estimate of drug-likeness (QED) is 0.596. The standard InChI is InChI=1S/C10H6F4O3/c11-9(12)8-6(4-16)1-5(3-15)2-7(8)17-10(13)14/h1-4,9-10H. The lowest BCUT2D eigenvalue weighted by atomic mass is 10.0. The van der Waals surface area contributed by atoms with E-state index in [1.807, 2.05) is 0 Å². The molecule has 0 N–H and O–H groups in total. The van der Waals surface area contributed by atoms with Crippen molar-refractivity contribution in [2.45, 2.75) is 13.0 Å². The molecule has 17 heavy (non-hydrogen) atoms. The number of benzene rings is 1. The molecule has 92 valence electrons. The number of ether oxygens (including phenoxy) is 1. The summed E-state index contributed by atoms with van der Waals surface area (Å²) >= 11 is 0. The second-order valence-electron chi connectivity index (χ2n) is 2.94. The number of hydrogen-bond donors (Lipinski definition) is 0. The largest absolute Gasteiger partial charge is 0.434 e. The van der Waals surface area contributed by atoms with Gasteiger partial charge in [0.15, 0.2) is 6.29 Å². The van der Waals surface area contributed by atoms with Gasteiger partial charge in [-0.1, -0.05) is 0 Å². The van der Waals surface area contributed by atoms with Crippen LogP contribution in [0.1, 0.15) is 32.7 Å². The molecule has 1 aromatic carbocycles. The van der Waals surface area contributed by atoms with Gasteiger partial charge in [0, 0.05) is 11.1 Å². The summed E-state index contributed by atoms with van der Waals surface area (Å²) in [5.41, 5.74) is -1.71. The van der Waals surface area contributed by atoms with E-state index in [-0.39, 0.29) is 18.1 Å². The van der Waals surface area contributed by atoms with Gasteiger partial charge in [-0.05, 0) is 12.1 Å². The van der Waals surface area contributed by atoms with Gasteiger partial charge in [-0.2, -0.15) is 8.78 Å². The van der Waals surface area contributed by atoms with E-state index in [2.05, 4.69) is 4.74 Å². The molecule has 3 nitrogen and oxygen atoms in total. The Hall–Kier alpha value is -1.92. The molecular weight excluding hydrogens is 244 g/mol. The number of hydrogen-bond acceptors (Lipinski definition) is 3. The number of rotatable bonds is 5. The molecule has 7 heteroatoms. The molecule has 0 aromatic heterocycles. The molecule has 0 aliphatic carbocycles. The summed E-state index contributed by atoms with van der Waals surface area (Å²) in [5.74, 6) is -0.873. The molecule has 1 rings (SSSR count). The minimum absolute atomic E-state index is 0.0484. The normalized spacial score (nSPS) is 10.7. The molecule has 0 unspecified atom stereocenters. The number of carbonyl (C=O) groups excluding carboxylic acids is 2. The van der Waals surface area contributed by atoms with Gasteiger partial charge >= 0.3 is 6.61 Å². The number of carbonyl (C=O) groups is 2. The van der Waals surface area contributed by atoms with Crippen LogP contribution in [-0.2, 0) is 0 Å². The highest BCUT2D eigenvalue weighted by atomic mass is 19.3. The minimum Gasteiger partial charge on any atom is -0.434 e. The van der Waals surface area contributed by atoms with Crippen molar-refractivity contribution in [1.29, 1.82) is 0 Å². The van der Waals surface area contributed by atoms with Crippen molar-refractivity contribution in [2.24, 2.45) is 0 Å². The molecule has 0 fully saturated rings. The Bertz CT molecular complexity index is 432. The van der Waals surface area contributed by atoms with Gasteiger partial charge in [0.25, 0.3) is 6.43 Å².